The fourth-order valence-electron chi connectivity index (χ4n) is 20.9. The largest absolute Gasteiger partial charge is 0.456 e. The summed E-state index contributed by atoms with van der Waals surface area (Å²) in [6, 6.07) is 164. The van der Waals surface area contributed by atoms with Gasteiger partial charge in [0.1, 0.15) is 23.0 Å². The van der Waals surface area contributed by atoms with Crippen molar-refractivity contribution in [3.05, 3.63) is 493 Å². The average Bonchev–Trinajstić information content (AvgIpc) is 1.50. The summed E-state index contributed by atoms with van der Waals surface area (Å²) in [5.41, 5.74) is 42.3. The third-order valence-corrected chi connectivity index (χ3v) is 25.8. The summed E-state index contributed by atoms with van der Waals surface area (Å²) in [5.74, 6) is 3.42. The van der Waals surface area contributed by atoms with Crippen molar-refractivity contribution in [2.24, 2.45) is 0 Å². The Bertz CT molecular complexity index is 7250. The first kappa shape index (κ1) is 68.8. The normalized spacial score (nSPS) is 13.1. The van der Waals surface area contributed by atoms with Crippen LogP contribution in [0.2, 0.25) is 0 Å². The van der Waals surface area contributed by atoms with E-state index in [1.165, 1.54) is 128 Å². The van der Waals surface area contributed by atoms with Crippen LogP contribution in [0.15, 0.2) is 449 Å². The quantitative estimate of drug-likeness (QED) is 0.159. The molecule has 6 aliphatic rings. The van der Waals surface area contributed by atoms with Crippen LogP contribution >= 0.6 is 0 Å². The van der Waals surface area contributed by atoms with Crippen molar-refractivity contribution in [3.8, 4) is 145 Å². The van der Waals surface area contributed by atoms with E-state index in [1.54, 1.807) is 0 Å². The van der Waals surface area contributed by atoms with E-state index in [2.05, 4.69) is 447 Å². The summed E-state index contributed by atoms with van der Waals surface area (Å²) in [6.45, 7) is 0. The number of rotatable bonds is 7. The second kappa shape index (κ2) is 27.5. The molecule has 4 aliphatic carbocycles. The summed E-state index contributed by atoms with van der Waals surface area (Å²) in [6.07, 6.45) is 0. The molecule has 0 saturated heterocycles. The molecule has 0 fully saturated rings. The second-order valence-corrected chi connectivity index (χ2v) is 31.9. The predicted octanol–water partition coefficient (Wildman–Crippen LogP) is 30.9. The topological polar surface area (TPSA) is 24.9 Å². The van der Waals surface area contributed by atoms with Crippen molar-refractivity contribution in [1.29, 1.82) is 0 Å². The maximum atomic E-state index is 6.73. The number of fused-ring (bicyclic) bond motifs is 34. The van der Waals surface area contributed by atoms with Crippen LogP contribution in [-0.4, -0.2) is 0 Å². The summed E-state index contributed by atoms with van der Waals surface area (Å²) < 4.78 is 13.4. The summed E-state index contributed by atoms with van der Waals surface area (Å²) in [7, 11) is 0. The number of hydrogen-bond acceptors (Lipinski definition) is 4. The monoisotopic (exact) mass is 1530 g/mol. The van der Waals surface area contributed by atoms with Crippen LogP contribution in [0.4, 0.5) is 34.1 Å². The van der Waals surface area contributed by atoms with Gasteiger partial charge in [0.25, 0.3) is 0 Å². The van der Waals surface area contributed by atoms with Crippen LogP contribution < -0.4 is 19.3 Å². The Hall–Kier alpha value is -15.6. The summed E-state index contributed by atoms with van der Waals surface area (Å²) >= 11 is 0. The van der Waals surface area contributed by atoms with E-state index in [1.807, 2.05) is 12.1 Å². The van der Waals surface area contributed by atoms with Crippen LogP contribution in [0.25, 0.3) is 122 Å². The molecular formula is C116H74N2O2. The zero-order chi connectivity index (χ0) is 79.0. The third-order valence-electron chi connectivity index (χ3n) is 25.8. The number of ether oxygens (including phenoxy) is 2. The van der Waals surface area contributed by atoms with Gasteiger partial charge >= 0.3 is 0 Å². The minimum Gasteiger partial charge on any atom is -0.456 e. The highest BCUT2D eigenvalue weighted by molar-refractivity contribution is 6.03. The van der Waals surface area contributed by atoms with E-state index in [0.717, 1.165) is 96.1 Å². The zero-order valence-corrected chi connectivity index (χ0v) is 65.4. The first-order chi connectivity index (χ1) is 59.5. The van der Waals surface area contributed by atoms with Gasteiger partial charge in [0, 0.05) is 56.4 Å². The Morgan fingerprint density at radius 1 is 0.133 bits per heavy atom. The minimum absolute atomic E-state index is 0.519. The Morgan fingerprint density at radius 2 is 0.342 bits per heavy atom. The van der Waals surface area contributed by atoms with Crippen molar-refractivity contribution in [1.82, 2.24) is 0 Å². The highest BCUT2D eigenvalue weighted by Gasteiger charge is 2.52. The van der Waals surface area contributed by atoms with Crippen LogP contribution in [0.5, 0.6) is 23.0 Å². The van der Waals surface area contributed by atoms with Crippen molar-refractivity contribution < 1.29 is 9.47 Å². The van der Waals surface area contributed by atoms with Gasteiger partial charge in [0.05, 0.1) is 10.8 Å². The van der Waals surface area contributed by atoms with E-state index in [-0.39, 0.29) is 0 Å². The minimum atomic E-state index is -0.543. The molecule has 0 N–H and O–H groups in total. The van der Waals surface area contributed by atoms with Crippen molar-refractivity contribution in [2.45, 2.75) is 10.8 Å². The standard InChI is InChI=1S/C61H39NO.C55H35NO/c1-2-16-40(17-3-1)41-30-32-42(33-31-41)62(44-35-37-60-54(39-44)48-21-7-6-20-47(48)52-25-11-15-29-59(52)63-60)43-34-36-58-53(38-43)51-24-10-14-28-57(51)61(58)55-26-12-8-22-49(55)45-18-4-5-19-46(45)50-23-9-13-27-56(50)61;1-2-16-36(17-3-1)56(38-31-33-54-48(35-38)42-21-7-6-20-41(42)46-25-11-15-29-53(46)57-54)37-30-32-52-47(34-37)45-24-10-14-28-51(45)55(52)49-26-12-8-22-43(49)39-18-4-5-19-40(39)44-23-9-13-27-50(44)55/h1-39H;1-35H. The molecule has 0 unspecified atom stereocenters. The van der Waals surface area contributed by atoms with Gasteiger partial charge in [-0.1, -0.05) is 352 Å². The predicted molar refractivity (Wildman–Crippen MR) is 493 cm³/mol. The van der Waals surface area contributed by atoms with Gasteiger partial charge in [0.2, 0.25) is 0 Å². The molecule has 19 aromatic rings. The first-order valence-electron chi connectivity index (χ1n) is 41.4. The fraction of sp³-hybridized carbons (Fsp3) is 0.0172. The number of para-hydroxylation sites is 3. The SMILES string of the molecule is c1ccc(-c2ccc(N(c3ccc4c(c3)-c3ccccc3-c3ccccc3O4)c3ccc4c(c3)-c3ccccc3C43c4ccccc4-c4ccccc4-c4ccccc43)cc2)cc1.c1ccc(N(c2ccc3c(c2)-c2ccccc2-c2ccccc2O3)c2ccc3c(c2)-c2ccccc2C32c3ccccc3-c3ccccc3-c3ccccc32)cc1. The molecule has 0 amide bonds. The number of nitrogens with zero attached hydrogens (tertiary/aromatic N) is 2. The summed E-state index contributed by atoms with van der Waals surface area (Å²) in [4.78, 5) is 4.80. The van der Waals surface area contributed by atoms with Gasteiger partial charge < -0.3 is 19.3 Å². The van der Waals surface area contributed by atoms with Crippen molar-refractivity contribution >= 4 is 34.1 Å². The Balaban J connectivity index is 0.000000137. The number of anilines is 6. The number of hydrogen-bond donors (Lipinski definition) is 0. The Labute approximate surface area is 698 Å². The van der Waals surface area contributed by atoms with Crippen LogP contribution in [-0.2, 0) is 10.8 Å². The lowest BCUT2D eigenvalue weighted by Crippen LogP contribution is -2.29. The van der Waals surface area contributed by atoms with Crippen LogP contribution in [0.1, 0.15) is 44.5 Å². The van der Waals surface area contributed by atoms with E-state index in [0.29, 0.717) is 0 Å². The van der Waals surface area contributed by atoms with E-state index in [4.69, 9.17) is 9.47 Å². The maximum Gasteiger partial charge on any atom is 0.135 e. The molecule has 2 aliphatic heterocycles. The Kier molecular flexibility index (Phi) is 15.8. The molecule has 25 rings (SSSR count). The molecule has 0 aromatic heterocycles. The smallest absolute Gasteiger partial charge is 0.135 e. The van der Waals surface area contributed by atoms with Gasteiger partial charge in [-0.25, -0.2) is 0 Å². The molecule has 2 spiro atoms. The fourth-order valence-corrected chi connectivity index (χ4v) is 20.9. The molecule has 560 valence electrons. The molecule has 120 heavy (non-hydrogen) atoms. The second-order valence-electron chi connectivity index (χ2n) is 31.9. The van der Waals surface area contributed by atoms with Gasteiger partial charge in [-0.2, -0.15) is 0 Å². The molecule has 19 aromatic carbocycles. The van der Waals surface area contributed by atoms with Gasteiger partial charge in [-0.3, -0.25) is 0 Å². The van der Waals surface area contributed by atoms with Gasteiger partial charge in [0.15, 0.2) is 0 Å². The molecular weight excluding hydrogens is 1450 g/mol. The van der Waals surface area contributed by atoms with Crippen LogP contribution in [0, 0.1) is 0 Å². The van der Waals surface area contributed by atoms with Crippen molar-refractivity contribution in [3.63, 3.8) is 0 Å². The molecule has 4 heteroatoms. The lowest BCUT2D eigenvalue weighted by atomic mass is 9.66. The summed E-state index contributed by atoms with van der Waals surface area (Å²) in [5, 5.41) is 0. The van der Waals surface area contributed by atoms with E-state index < -0.39 is 10.8 Å². The molecule has 0 bridgehead atoms. The van der Waals surface area contributed by atoms with E-state index >= 15 is 0 Å². The Morgan fingerprint density at radius 3 is 0.683 bits per heavy atom. The first-order valence-corrected chi connectivity index (χ1v) is 41.4. The van der Waals surface area contributed by atoms with Gasteiger partial charge in [-0.05, 0) is 242 Å². The lowest BCUT2D eigenvalue weighted by Gasteiger charge is -2.35. The van der Waals surface area contributed by atoms with Gasteiger partial charge in [-0.15, -0.1) is 0 Å². The average molecular weight is 1530 g/mol. The highest BCUT2D eigenvalue weighted by Crippen LogP contribution is 2.65. The highest BCUT2D eigenvalue weighted by atomic mass is 16.5. The molecule has 0 saturated carbocycles. The molecule has 0 atom stereocenters. The molecule has 4 nitrogen and oxygen atoms in total. The zero-order valence-electron chi connectivity index (χ0n) is 65.4. The van der Waals surface area contributed by atoms with E-state index in [9.17, 15) is 0 Å². The number of benzene rings is 19. The molecule has 2 heterocycles. The third kappa shape index (κ3) is 10.4. The maximum absolute atomic E-state index is 6.73. The molecule has 0 radical (unpaired) electrons. The lowest BCUT2D eigenvalue weighted by molar-refractivity contribution is 0.487. The van der Waals surface area contributed by atoms with Crippen molar-refractivity contribution in [2.75, 3.05) is 9.80 Å². The van der Waals surface area contributed by atoms with Crippen LogP contribution in [0.3, 0.4) is 0 Å².